The molecule has 1 aliphatic rings. The van der Waals surface area contributed by atoms with Gasteiger partial charge in [0.1, 0.15) is 11.7 Å². The normalized spacial score (nSPS) is 16.3. The van der Waals surface area contributed by atoms with E-state index < -0.39 is 0 Å². The Hall–Kier alpha value is -2.04. The quantitative estimate of drug-likeness (QED) is 0.343. The Balaban J connectivity index is 1.61. The van der Waals surface area contributed by atoms with Crippen LogP contribution >= 0.6 is 23.1 Å². The second-order valence-electron chi connectivity index (χ2n) is 8.92. The Morgan fingerprint density at radius 2 is 1.62 bits per heavy atom. The first kappa shape index (κ1) is 20.2. The molecular weight excluding hydrogens is 392 g/mol. The minimum atomic E-state index is -0.0365. The average molecular weight is 422 g/mol. The van der Waals surface area contributed by atoms with Crippen LogP contribution in [0.15, 0.2) is 76.7 Å². The standard InChI is InChI=1S/C25H29N2S2/c1-24(2,17-22-26(5)18-11-7-9-13-20(18)28-22)15-16-25(3,4)23-27(6)19-12-8-10-14-21(19)29-23/h7-17H,1-6H3/q+1. The third-order valence-electron chi connectivity index (χ3n) is 5.49. The van der Waals surface area contributed by atoms with E-state index in [1.165, 1.54) is 30.8 Å². The van der Waals surface area contributed by atoms with Crippen LogP contribution in [0.3, 0.4) is 0 Å². The summed E-state index contributed by atoms with van der Waals surface area (Å²) in [7, 11) is 4.34. The number of allylic oxidation sites excluding steroid dienone is 3. The van der Waals surface area contributed by atoms with Crippen LogP contribution in [0.1, 0.15) is 32.7 Å². The van der Waals surface area contributed by atoms with Crippen LogP contribution in [0, 0.1) is 5.41 Å². The highest BCUT2D eigenvalue weighted by molar-refractivity contribution is 8.03. The fourth-order valence-corrected chi connectivity index (χ4v) is 6.28. The molecule has 0 unspecified atom stereocenters. The van der Waals surface area contributed by atoms with Gasteiger partial charge in [-0.2, -0.15) is 4.57 Å². The van der Waals surface area contributed by atoms with Crippen molar-refractivity contribution in [3.05, 3.63) is 76.8 Å². The minimum absolute atomic E-state index is 0.0358. The lowest BCUT2D eigenvalue weighted by Crippen LogP contribution is -2.37. The molecule has 3 aromatic rings. The molecule has 0 fully saturated rings. The fourth-order valence-electron chi connectivity index (χ4n) is 3.77. The van der Waals surface area contributed by atoms with E-state index in [0.717, 1.165) is 0 Å². The smallest absolute Gasteiger partial charge is 0.247 e. The number of thioether (sulfide) groups is 1. The minimum Gasteiger partial charge on any atom is -0.338 e. The number of rotatable bonds is 4. The first-order chi connectivity index (χ1) is 13.7. The number of para-hydroxylation sites is 2. The van der Waals surface area contributed by atoms with Gasteiger partial charge in [0.05, 0.1) is 16.1 Å². The summed E-state index contributed by atoms with van der Waals surface area (Å²) < 4.78 is 3.68. The Bertz CT molecular complexity index is 1120. The van der Waals surface area contributed by atoms with E-state index in [-0.39, 0.29) is 10.8 Å². The van der Waals surface area contributed by atoms with Crippen LogP contribution < -0.4 is 9.47 Å². The summed E-state index contributed by atoms with van der Waals surface area (Å²) in [6, 6.07) is 17.3. The number of aromatic nitrogens is 1. The first-order valence-electron chi connectivity index (χ1n) is 10.00. The average Bonchev–Trinajstić information content (AvgIpc) is 3.19. The van der Waals surface area contributed by atoms with E-state index in [0.29, 0.717) is 0 Å². The summed E-state index contributed by atoms with van der Waals surface area (Å²) in [4.78, 5) is 3.63. The summed E-state index contributed by atoms with van der Waals surface area (Å²) in [6.45, 7) is 9.19. The zero-order valence-corrected chi connectivity index (χ0v) is 19.7. The predicted molar refractivity (Wildman–Crippen MR) is 128 cm³/mol. The van der Waals surface area contributed by atoms with Crippen LogP contribution in [-0.4, -0.2) is 7.05 Å². The molecule has 0 amide bonds. The molecule has 0 N–H and O–H groups in total. The molecule has 2 aromatic carbocycles. The van der Waals surface area contributed by atoms with E-state index in [1.54, 1.807) is 0 Å². The van der Waals surface area contributed by atoms with Gasteiger partial charge >= 0.3 is 0 Å². The van der Waals surface area contributed by atoms with Crippen molar-refractivity contribution >= 4 is 39.0 Å². The van der Waals surface area contributed by atoms with Gasteiger partial charge in [-0.15, -0.1) is 0 Å². The van der Waals surface area contributed by atoms with Gasteiger partial charge in [0.15, 0.2) is 0 Å². The zero-order valence-electron chi connectivity index (χ0n) is 18.1. The Kier molecular flexibility index (Phi) is 5.12. The molecule has 1 aromatic heterocycles. The summed E-state index contributed by atoms with van der Waals surface area (Å²) in [5, 5.41) is 2.67. The van der Waals surface area contributed by atoms with Crippen molar-refractivity contribution in [2.75, 3.05) is 11.9 Å². The maximum absolute atomic E-state index is 2.38. The molecule has 0 bridgehead atoms. The summed E-state index contributed by atoms with van der Waals surface area (Å²) in [6.07, 6.45) is 7.12. The van der Waals surface area contributed by atoms with Crippen molar-refractivity contribution in [3.63, 3.8) is 0 Å². The molecule has 4 rings (SSSR count). The maximum Gasteiger partial charge on any atom is 0.247 e. The van der Waals surface area contributed by atoms with Gasteiger partial charge in [0.25, 0.3) is 0 Å². The van der Waals surface area contributed by atoms with Crippen molar-refractivity contribution in [1.82, 2.24) is 0 Å². The van der Waals surface area contributed by atoms with Gasteiger partial charge < -0.3 is 4.90 Å². The Labute approximate surface area is 182 Å². The predicted octanol–water partition coefficient (Wildman–Crippen LogP) is 6.67. The highest BCUT2D eigenvalue weighted by Gasteiger charge is 2.32. The number of thiazole rings is 1. The molecule has 0 radical (unpaired) electrons. The second kappa shape index (κ2) is 7.33. The van der Waals surface area contributed by atoms with Crippen molar-refractivity contribution < 1.29 is 4.57 Å². The molecule has 4 heteroatoms. The number of benzene rings is 2. The number of fused-ring (bicyclic) bond motifs is 2. The van der Waals surface area contributed by atoms with Crippen LogP contribution in [0.5, 0.6) is 0 Å². The van der Waals surface area contributed by atoms with Gasteiger partial charge in [-0.25, -0.2) is 0 Å². The second-order valence-corrected chi connectivity index (χ2v) is 11.0. The molecular formula is C25H29N2S2+. The third kappa shape index (κ3) is 3.88. The highest BCUT2D eigenvalue weighted by atomic mass is 32.2. The third-order valence-corrected chi connectivity index (χ3v) is 8.21. The SMILES string of the molecule is CN1C(=CC(C)(C)C=CC(C)(C)c2sc3ccccc3[n+]2C)Sc2ccccc21. The molecule has 0 saturated carbocycles. The van der Waals surface area contributed by atoms with E-state index in [9.17, 15) is 0 Å². The van der Waals surface area contributed by atoms with Gasteiger partial charge in [-0.05, 0) is 38.1 Å². The van der Waals surface area contributed by atoms with Crippen LogP contribution in [0.2, 0.25) is 0 Å². The van der Waals surface area contributed by atoms with E-state index in [1.807, 2.05) is 23.1 Å². The molecule has 0 aliphatic carbocycles. The van der Waals surface area contributed by atoms with Crippen molar-refractivity contribution in [2.24, 2.45) is 12.5 Å². The van der Waals surface area contributed by atoms with E-state index in [2.05, 4.69) is 118 Å². The van der Waals surface area contributed by atoms with E-state index in [4.69, 9.17) is 0 Å². The number of hydrogen-bond acceptors (Lipinski definition) is 3. The molecule has 0 saturated heterocycles. The van der Waals surface area contributed by atoms with Gasteiger partial charge in [-0.3, -0.25) is 0 Å². The monoisotopic (exact) mass is 421 g/mol. The molecule has 0 spiro atoms. The summed E-state index contributed by atoms with van der Waals surface area (Å²) >= 11 is 3.75. The van der Waals surface area contributed by atoms with Crippen molar-refractivity contribution in [1.29, 1.82) is 0 Å². The summed E-state index contributed by atoms with van der Waals surface area (Å²) in [5.41, 5.74) is 2.52. The molecule has 2 heterocycles. The van der Waals surface area contributed by atoms with Crippen molar-refractivity contribution in [2.45, 2.75) is 38.0 Å². The van der Waals surface area contributed by atoms with Crippen LogP contribution in [-0.2, 0) is 12.5 Å². The van der Waals surface area contributed by atoms with Crippen LogP contribution in [0.25, 0.3) is 10.2 Å². The zero-order chi connectivity index (χ0) is 20.8. The molecule has 29 heavy (non-hydrogen) atoms. The molecule has 2 nitrogen and oxygen atoms in total. The number of aryl methyl sites for hydroxylation is 1. The molecule has 150 valence electrons. The van der Waals surface area contributed by atoms with Crippen LogP contribution in [0.4, 0.5) is 5.69 Å². The molecule has 0 atom stereocenters. The maximum atomic E-state index is 2.38. The van der Waals surface area contributed by atoms with Gasteiger partial charge in [0, 0.05) is 23.4 Å². The largest absolute Gasteiger partial charge is 0.338 e. The number of hydrogen-bond donors (Lipinski definition) is 0. The lowest BCUT2D eigenvalue weighted by Gasteiger charge is -2.22. The highest BCUT2D eigenvalue weighted by Crippen LogP contribution is 2.46. The number of anilines is 1. The van der Waals surface area contributed by atoms with Gasteiger partial charge in [0.2, 0.25) is 10.5 Å². The number of nitrogens with zero attached hydrogens (tertiary/aromatic N) is 2. The van der Waals surface area contributed by atoms with E-state index >= 15 is 0 Å². The first-order valence-corrected chi connectivity index (χ1v) is 11.6. The summed E-state index contributed by atoms with van der Waals surface area (Å²) in [5.74, 6) is 0. The fraction of sp³-hybridized carbons (Fsp3) is 0.320. The lowest BCUT2D eigenvalue weighted by atomic mass is 9.86. The van der Waals surface area contributed by atoms with Crippen molar-refractivity contribution in [3.8, 4) is 0 Å². The lowest BCUT2D eigenvalue weighted by molar-refractivity contribution is -0.650. The van der Waals surface area contributed by atoms with Gasteiger partial charge in [-0.1, -0.05) is 73.4 Å². The Morgan fingerprint density at radius 1 is 0.931 bits per heavy atom. The topological polar surface area (TPSA) is 7.12 Å². The molecule has 1 aliphatic heterocycles. The Morgan fingerprint density at radius 3 is 2.34 bits per heavy atom.